The summed E-state index contributed by atoms with van der Waals surface area (Å²) in [6, 6.07) is 7.42. The molecule has 0 N–H and O–H groups in total. The van der Waals surface area contributed by atoms with Gasteiger partial charge in [0.1, 0.15) is 0 Å². The van der Waals surface area contributed by atoms with Crippen molar-refractivity contribution in [3.05, 3.63) is 29.3 Å². The zero-order valence-electron chi connectivity index (χ0n) is 14.4. The van der Waals surface area contributed by atoms with Gasteiger partial charge in [0.05, 0.1) is 33.2 Å². The van der Waals surface area contributed by atoms with Gasteiger partial charge in [0.25, 0.3) is 5.91 Å². The first-order valence-electron chi connectivity index (χ1n) is 8.30. The number of thiazole rings is 1. The fourth-order valence-electron chi connectivity index (χ4n) is 2.84. The molecule has 7 nitrogen and oxygen atoms in total. The van der Waals surface area contributed by atoms with Crippen LogP contribution in [0.25, 0.3) is 10.2 Å². The lowest BCUT2D eigenvalue weighted by Gasteiger charge is -2.23. The minimum Gasteiger partial charge on any atom is -0.456 e. The quantitative estimate of drug-likeness (QED) is 0.686. The molecule has 0 saturated carbocycles. The van der Waals surface area contributed by atoms with E-state index < -0.39 is 15.8 Å². The lowest BCUT2D eigenvalue weighted by atomic mass is 10.2. The molecule has 0 spiro atoms. The van der Waals surface area contributed by atoms with Gasteiger partial charge in [-0.25, -0.2) is 13.4 Å². The maximum absolute atomic E-state index is 12.1. The molecule has 2 heterocycles. The van der Waals surface area contributed by atoms with Crippen molar-refractivity contribution in [1.29, 1.82) is 0 Å². The molecular weight excluding hydrogens is 376 g/mol. The number of hydrogen-bond acceptors (Lipinski definition) is 7. The first kappa shape index (κ1) is 18.8. The third-order valence-corrected chi connectivity index (χ3v) is 7.23. The minimum atomic E-state index is -3.06. The maximum Gasteiger partial charge on any atom is 0.306 e. The summed E-state index contributed by atoms with van der Waals surface area (Å²) in [5, 5.41) is 0.850. The van der Waals surface area contributed by atoms with Gasteiger partial charge in [-0.3, -0.25) is 9.59 Å². The van der Waals surface area contributed by atoms with Crippen molar-refractivity contribution in [2.75, 3.05) is 25.2 Å². The Balaban J connectivity index is 1.44. The monoisotopic (exact) mass is 396 g/mol. The summed E-state index contributed by atoms with van der Waals surface area (Å²) < 4.78 is 29.1. The van der Waals surface area contributed by atoms with Gasteiger partial charge < -0.3 is 9.64 Å². The van der Waals surface area contributed by atoms with Crippen LogP contribution in [-0.2, 0) is 30.6 Å². The molecule has 0 unspecified atom stereocenters. The molecule has 1 aromatic heterocycles. The Bertz CT molecular complexity index is 889. The summed E-state index contributed by atoms with van der Waals surface area (Å²) in [7, 11) is -1.52. The molecule has 3 rings (SSSR count). The van der Waals surface area contributed by atoms with Gasteiger partial charge in [-0.1, -0.05) is 12.1 Å². The molecule has 9 heteroatoms. The molecule has 0 radical (unpaired) electrons. The number of aromatic nitrogens is 1. The maximum atomic E-state index is 12.1. The summed E-state index contributed by atoms with van der Waals surface area (Å²) in [4.78, 5) is 29.8. The van der Waals surface area contributed by atoms with Crippen LogP contribution in [0.2, 0.25) is 0 Å². The Kier molecular flexibility index (Phi) is 5.57. The molecule has 1 amide bonds. The molecule has 1 fully saturated rings. The standard InChI is InChI=1S/C17H20N2O5S2/c1-19(12-8-9-26(22,23)11-12)16(20)10-24-17(21)7-6-15-18-13-4-2-3-5-14(13)25-15/h2-5,12H,6-11H2,1H3/t12-/m0/s1. The van der Waals surface area contributed by atoms with Gasteiger partial charge >= 0.3 is 5.97 Å². The average molecular weight is 396 g/mol. The van der Waals surface area contributed by atoms with Gasteiger partial charge in [0.2, 0.25) is 0 Å². The second-order valence-corrected chi connectivity index (χ2v) is 9.64. The molecule has 0 aliphatic carbocycles. The third-order valence-electron chi connectivity index (χ3n) is 4.39. The summed E-state index contributed by atoms with van der Waals surface area (Å²) in [6.07, 6.45) is 1.04. The largest absolute Gasteiger partial charge is 0.456 e. The lowest BCUT2D eigenvalue weighted by molar-refractivity contribution is -0.152. The first-order chi connectivity index (χ1) is 12.3. The summed E-state index contributed by atoms with van der Waals surface area (Å²) in [5.74, 6) is -0.789. The first-order valence-corrected chi connectivity index (χ1v) is 10.9. The van der Waals surface area contributed by atoms with Crippen molar-refractivity contribution >= 4 is 43.3 Å². The number of likely N-dealkylation sites (N-methyl/N-ethyl adjacent to an activating group) is 1. The zero-order valence-corrected chi connectivity index (χ0v) is 16.0. The van der Waals surface area contributed by atoms with E-state index in [2.05, 4.69) is 4.98 Å². The van der Waals surface area contributed by atoms with Crippen molar-refractivity contribution in [2.45, 2.75) is 25.3 Å². The lowest BCUT2D eigenvalue weighted by Crippen LogP contribution is -2.40. The smallest absolute Gasteiger partial charge is 0.306 e. The van der Waals surface area contributed by atoms with Crippen LogP contribution in [0.15, 0.2) is 24.3 Å². The molecule has 140 valence electrons. The van der Waals surface area contributed by atoms with Crippen LogP contribution < -0.4 is 0 Å². The van der Waals surface area contributed by atoms with Crippen molar-refractivity contribution in [1.82, 2.24) is 9.88 Å². The highest BCUT2D eigenvalue weighted by molar-refractivity contribution is 7.91. The average Bonchev–Trinajstić information content (AvgIpc) is 3.19. The predicted octanol–water partition coefficient (Wildman–Crippen LogP) is 1.42. The molecule has 2 aromatic rings. The van der Waals surface area contributed by atoms with E-state index in [4.69, 9.17) is 4.74 Å². The van der Waals surface area contributed by atoms with E-state index in [1.807, 2.05) is 24.3 Å². The fourth-order valence-corrected chi connectivity index (χ4v) is 5.58. The number of carbonyl (C=O) groups is 2. The number of para-hydroxylation sites is 1. The number of rotatable bonds is 6. The van der Waals surface area contributed by atoms with Crippen molar-refractivity contribution < 1.29 is 22.7 Å². The van der Waals surface area contributed by atoms with Crippen LogP contribution in [0, 0.1) is 0 Å². The van der Waals surface area contributed by atoms with Crippen molar-refractivity contribution in [2.24, 2.45) is 0 Å². The Morgan fingerprint density at radius 2 is 2.12 bits per heavy atom. The number of hydrogen-bond donors (Lipinski definition) is 0. The van der Waals surface area contributed by atoms with Crippen LogP contribution in [-0.4, -0.2) is 61.4 Å². The Morgan fingerprint density at radius 3 is 2.81 bits per heavy atom. The number of ether oxygens (including phenoxy) is 1. The van der Waals surface area contributed by atoms with Gasteiger partial charge in [0.15, 0.2) is 16.4 Å². The highest BCUT2D eigenvalue weighted by atomic mass is 32.2. The van der Waals surface area contributed by atoms with Crippen molar-refractivity contribution in [3.63, 3.8) is 0 Å². The number of carbonyl (C=O) groups excluding carboxylic acids is 2. The molecular formula is C17H20N2O5S2. The molecule has 26 heavy (non-hydrogen) atoms. The van der Waals surface area contributed by atoms with Crippen molar-refractivity contribution in [3.8, 4) is 0 Å². The van der Waals surface area contributed by atoms with Gasteiger partial charge in [-0.05, 0) is 18.6 Å². The molecule has 0 bridgehead atoms. The van der Waals surface area contributed by atoms with E-state index >= 15 is 0 Å². The highest BCUT2D eigenvalue weighted by Gasteiger charge is 2.32. The predicted molar refractivity (Wildman–Crippen MR) is 98.7 cm³/mol. The van der Waals surface area contributed by atoms with Crippen LogP contribution in [0.1, 0.15) is 17.8 Å². The molecule has 1 aromatic carbocycles. The highest BCUT2D eigenvalue weighted by Crippen LogP contribution is 2.22. The van der Waals surface area contributed by atoms with Crippen LogP contribution in [0.5, 0.6) is 0 Å². The number of sulfone groups is 1. The second kappa shape index (κ2) is 7.71. The van der Waals surface area contributed by atoms with E-state index in [1.54, 1.807) is 7.05 Å². The van der Waals surface area contributed by atoms with Crippen LogP contribution in [0.4, 0.5) is 0 Å². The van der Waals surface area contributed by atoms with E-state index in [0.717, 1.165) is 15.2 Å². The number of benzene rings is 1. The van der Waals surface area contributed by atoms with E-state index in [-0.39, 0.29) is 36.5 Å². The molecule has 1 saturated heterocycles. The third kappa shape index (κ3) is 4.59. The van der Waals surface area contributed by atoms with Crippen LogP contribution in [0.3, 0.4) is 0 Å². The SMILES string of the molecule is CN(C(=O)COC(=O)CCc1nc2ccccc2s1)[C@H]1CCS(=O)(=O)C1. The molecule has 1 aliphatic heterocycles. The molecule has 1 atom stereocenters. The van der Waals surface area contributed by atoms with Gasteiger partial charge in [0, 0.05) is 19.5 Å². The second-order valence-electron chi connectivity index (χ2n) is 6.30. The number of amides is 1. The summed E-state index contributed by atoms with van der Waals surface area (Å²) >= 11 is 1.53. The zero-order chi connectivity index (χ0) is 18.7. The Labute approximate surface area is 155 Å². The number of fused-ring (bicyclic) bond motifs is 1. The van der Waals surface area contributed by atoms with Gasteiger partial charge in [-0.2, -0.15) is 0 Å². The normalized spacial score (nSPS) is 18.7. The number of esters is 1. The topological polar surface area (TPSA) is 93.6 Å². The molecule has 1 aliphatic rings. The van der Waals surface area contributed by atoms with Gasteiger partial charge in [-0.15, -0.1) is 11.3 Å². The van der Waals surface area contributed by atoms with E-state index in [0.29, 0.717) is 12.8 Å². The van der Waals surface area contributed by atoms with E-state index in [1.165, 1.54) is 16.2 Å². The van der Waals surface area contributed by atoms with E-state index in [9.17, 15) is 18.0 Å². The van der Waals surface area contributed by atoms with Crippen LogP contribution >= 0.6 is 11.3 Å². The summed E-state index contributed by atoms with van der Waals surface area (Å²) in [5.41, 5.74) is 0.907. The Hall–Kier alpha value is -2.00. The fraction of sp³-hybridized carbons (Fsp3) is 0.471. The summed E-state index contributed by atoms with van der Waals surface area (Å²) in [6.45, 7) is -0.369. The minimum absolute atomic E-state index is 0.0270. The Morgan fingerprint density at radius 1 is 1.35 bits per heavy atom. The number of aryl methyl sites for hydroxylation is 1. The number of nitrogens with zero attached hydrogens (tertiary/aromatic N) is 2.